The number of carbonyl (C=O) groups is 2. The summed E-state index contributed by atoms with van der Waals surface area (Å²) >= 11 is 11.7. The number of carbonyl (C=O) groups excluding carboxylic acids is 2. The number of benzene rings is 2. The van der Waals surface area contributed by atoms with Crippen LogP contribution in [0.3, 0.4) is 0 Å². The summed E-state index contributed by atoms with van der Waals surface area (Å²) < 4.78 is 5.08. The molecule has 0 heterocycles. The number of hydrogen-bond acceptors (Lipinski definition) is 3. The second kappa shape index (κ2) is 8.57. The minimum atomic E-state index is -0.775. The van der Waals surface area contributed by atoms with Gasteiger partial charge in [0, 0.05) is 22.3 Å². The van der Waals surface area contributed by atoms with E-state index in [1.807, 2.05) is 24.3 Å². The van der Waals surface area contributed by atoms with Crippen LogP contribution in [0.1, 0.15) is 5.56 Å². The van der Waals surface area contributed by atoms with Crippen LogP contribution in [0.25, 0.3) is 0 Å². The third kappa shape index (κ3) is 5.44. The summed E-state index contributed by atoms with van der Waals surface area (Å²) in [5.74, 6) is -0.731. The van der Waals surface area contributed by atoms with Gasteiger partial charge in [-0.3, -0.25) is 9.59 Å². The normalized spacial score (nSPS) is 10.1. The maximum absolute atomic E-state index is 11.8. The zero-order chi connectivity index (χ0) is 17.5. The monoisotopic (exact) mass is 366 g/mol. The molecular weight excluding hydrogens is 351 g/mol. The standard InChI is InChI=1S/C17H16Cl2N2O3/c1-24-15-4-2-11(3-5-15)6-7-20-16(22)17(23)21-14-9-12(18)8-13(19)10-14/h2-5,8-10H,6-7H2,1H3,(H,20,22)(H,21,23). The molecule has 0 saturated carbocycles. The van der Waals surface area contributed by atoms with Gasteiger partial charge in [0.25, 0.3) is 0 Å². The number of nitrogens with one attached hydrogen (secondary N) is 2. The van der Waals surface area contributed by atoms with E-state index in [2.05, 4.69) is 10.6 Å². The van der Waals surface area contributed by atoms with Crippen LogP contribution >= 0.6 is 23.2 Å². The van der Waals surface area contributed by atoms with Crippen molar-refractivity contribution in [1.29, 1.82) is 0 Å². The fourth-order valence-electron chi connectivity index (χ4n) is 2.01. The molecule has 2 aromatic rings. The summed E-state index contributed by atoms with van der Waals surface area (Å²) in [5.41, 5.74) is 1.39. The molecule has 0 aromatic heterocycles. The molecule has 5 nitrogen and oxygen atoms in total. The van der Waals surface area contributed by atoms with E-state index in [4.69, 9.17) is 27.9 Å². The highest BCUT2D eigenvalue weighted by Crippen LogP contribution is 2.22. The molecule has 0 radical (unpaired) electrons. The lowest BCUT2D eigenvalue weighted by Gasteiger charge is -2.08. The molecule has 126 valence electrons. The van der Waals surface area contributed by atoms with Gasteiger partial charge in [-0.2, -0.15) is 0 Å². The lowest BCUT2D eigenvalue weighted by Crippen LogP contribution is -2.36. The Balaban J connectivity index is 1.81. The zero-order valence-electron chi connectivity index (χ0n) is 12.9. The van der Waals surface area contributed by atoms with Crippen LogP contribution in [-0.2, 0) is 16.0 Å². The van der Waals surface area contributed by atoms with Crippen LogP contribution in [0.2, 0.25) is 10.0 Å². The van der Waals surface area contributed by atoms with Gasteiger partial charge in [-0.25, -0.2) is 0 Å². The number of rotatable bonds is 5. The molecule has 7 heteroatoms. The van der Waals surface area contributed by atoms with Crippen molar-refractivity contribution >= 4 is 40.7 Å². The predicted octanol–water partition coefficient (Wildman–Crippen LogP) is 3.30. The smallest absolute Gasteiger partial charge is 0.313 e. The van der Waals surface area contributed by atoms with Crippen molar-refractivity contribution in [3.05, 3.63) is 58.1 Å². The maximum Gasteiger partial charge on any atom is 0.313 e. The van der Waals surface area contributed by atoms with Gasteiger partial charge in [0.05, 0.1) is 7.11 Å². The van der Waals surface area contributed by atoms with E-state index in [0.717, 1.165) is 11.3 Å². The molecule has 2 aromatic carbocycles. The minimum Gasteiger partial charge on any atom is -0.497 e. The quantitative estimate of drug-likeness (QED) is 0.797. The highest BCUT2D eigenvalue weighted by atomic mass is 35.5. The average molecular weight is 367 g/mol. The summed E-state index contributed by atoms with van der Waals surface area (Å²) in [7, 11) is 1.60. The van der Waals surface area contributed by atoms with Gasteiger partial charge in [0.1, 0.15) is 5.75 Å². The first-order valence-corrected chi connectivity index (χ1v) is 7.92. The van der Waals surface area contributed by atoms with E-state index < -0.39 is 11.8 Å². The van der Waals surface area contributed by atoms with Gasteiger partial charge in [-0.05, 0) is 42.3 Å². The molecule has 0 aliphatic heterocycles. The Morgan fingerprint density at radius 3 is 2.21 bits per heavy atom. The first kappa shape index (κ1) is 18.1. The van der Waals surface area contributed by atoms with Crippen molar-refractivity contribution in [2.24, 2.45) is 0 Å². The first-order valence-electron chi connectivity index (χ1n) is 7.16. The molecule has 24 heavy (non-hydrogen) atoms. The SMILES string of the molecule is COc1ccc(CCNC(=O)C(=O)Nc2cc(Cl)cc(Cl)c2)cc1. The van der Waals surface area contributed by atoms with Crippen molar-refractivity contribution in [3.63, 3.8) is 0 Å². The summed E-state index contributed by atoms with van der Waals surface area (Å²) in [6, 6.07) is 12.0. The summed E-state index contributed by atoms with van der Waals surface area (Å²) in [6.45, 7) is 0.342. The molecule has 0 unspecified atom stereocenters. The summed E-state index contributed by atoms with van der Waals surface area (Å²) in [4.78, 5) is 23.6. The Labute approximate surface area is 149 Å². The van der Waals surface area contributed by atoms with Gasteiger partial charge in [0.15, 0.2) is 0 Å². The van der Waals surface area contributed by atoms with Crippen LogP contribution in [0.5, 0.6) is 5.75 Å². The van der Waals surface area contributed by atoms with Crippen molar-refractivity contribution in [2.45, 2.75) is 6.42 Å². The Bertz CT molecular complexity index is 713. The van der Waals surface area contributed by atoms with Crippen molar-refractivity contribution in [3.8, 4) is 5.75 Å². The lowest BCUT2D eigenvalue weighted by molar-refractivity contribution is -0.136. The molecule has 0 atom stereocenters. The number of methoxy groups -OCH3 is 1. The van der Waals surface area contributed by atoms with E-state index in [1.54, 1.807) is 7.11 Å². The number of halogens is 2. The highest BCUT2D eigenvalue weighted by molar-refractivity contribution is 6.40. The zero-order valence-corrected chi connectivity index (χ0v) is 14.4. The highest BCUT2D eigenvalue weighted by Gasteiger charge is 2.13. The second-order valence-corrected chi connectivity index (χ2v) is 5.84. The summed E-state index contributed by atoms with van der Waals surface area (Å²) in [5, 5.41) is 5.76. The van der Waals surface area contributed by atoms with E-state index in [0.29, 0.717) is 28.7 Å². The van der Waals surface area contributed by atoms with Crippen molar-refractivity contribution in [2.75, 3.05) is 19.0 Å². The van der Waals surface area contributed by atoms with Crippen molar-refractivity contribution in [1.82, 2.24) is 5.32 Å². The molecule has 0 spiro atoms. The fraction of sp³-hybridized carbons (Fsp3) is 0.176. The van der Waals surface area contributed by atoms with E-state index >= 15 is 0 Å². The number of anilines is 1. The van der Waals surface area contributed by atoms with E-state index in [-0.39, 0.29) is 0 Å². The molecular formula is C17H16Cl2N2O3. The Hall–Kier alpha value is -2.24. The Morgan fingerprint density at radius 1 is 1.00 bits per heavy atom. The summed E-state index contributed by atoms with van der Waals surface area (Å²) in [6.07, 6.45) is 0.603. The topological polar surface area (TPSA) is 67.4 Å². The predicted molar refractivity (Wildman–Crippen MR) is 94.8 cm³/mol. The van der Waals surface area contributed by atoms with Gasteiger partial charge in [-0.15, -0.1) is 0 Å². The van der Waals surface area contributed by atoms with Gasteiger partial charge in [0.2, 0.25) is 0 Å². The molecule has 2 amide bonds. The van der Waals surface area contributed by atoms with Crippen molar-refractivity contribution < 1.29 is 14.3 Å². The minimum absolute atomic E-state index is 0.342. The second-order valence-electron chi connectivity index (χ2n) is 4.97. The molecule has 0 fully saturated rings. The van der Waals surface area contributed by atoms with Crippen LogP contribution in [0, 0.1) is 0 Å². The Kier molecular flexibility index (Phi) is 6.46. The maximum atomic E-state index is 11.8. The van der Waals surface area contributed by atoms with E-state index in [1.165, 1.54) is 18.2 Å². The third-order valence-corrected chi connectivity index (χ3v) is 3.62. The van der Waals surface area contributed by atoms with Gasteiger partial charge >= 0.3 is 11.8 Å². The fourth-order valence-corrected chi connectivity index (χ4v) is 2.53. The molecule has 0 aliphatic rings. The number of amides is 2. The number of ether oxygens (including phenoxy) is 1. The first-order chi connectivity index (χ1) is 11.5. The average Bonchev–Trinajstić information content (AvgIpc) is 2.54. The van der Waals surface area contributed by atoms with Crippen LogP contribution in [0.15, 0.2) is 42.5 Å². The Morgan fingerprint density at radius 2 is 1.62 bits per heavy atom. The molecule has 0 saturated heterocycles. The largest absolute Gasteiger partial charge is 0.497 e. The molecule has 0 aliphatic carbocycles. The number of hydrogen-bond donors (Lipinski definition) is 2. The van der Waals surface area contributed by atoms with Gasteiger partial charge in [-0.1, -0.05) is 35.3 Å². The molecule has 0 bridgehead atoms. The lowest BCUT2D eigenvalue weighted by atomic mass is 10.1. The third-order valence-electron chi connectivity index (χ3n) is 3.18. The van der Waals surface area contributed by atoms with Crippen LogP contribution in [-0.4, -0.2) is 25.5 Å². The van der Waals surface area contributed by atoms with Crippen LogP contribution < -0.4 is 15.4 Å². The molecule has 2 N–H and O–H groups in total. The molecule has 2 rings (SSSR count). The van der Waals surface area contributed by atoms with Gasteiger partial charge < -0.3 is 15.4 Å². The van der Waals surface area contributed by atoms with E-state index in [9.17, 15) is 9.59 Å². The van der Waals surface area contributed by atoms with Crippen LogP contribution in [0.4, 0.5) is 5.69 Å².